The van der Waals surface area contributed by atoms with Gasteiger partial charge in [-0.05, 0) is 26.8 Å². The Bertz CT molecular complexity index is 581. The van der Waals surface area contributed by atoms with E-state index in [4.69, 9.17) is 10.00 Å². The molecule has 1 aliphatic heterocycles. The van der Waals surface area contributed by atoms with Crippen molar-refractivity contribution in [3.05, 3.63) is 30.1 Å². The standard InChI is InChI=1S/C17H25N4O2/c1-17(2,3)23-16(22)21-11-9-20(10-12-21)14-15-5-4-7-19(13-15)8-6-18/h4-5,7,13H,8-12,14H2,1-3H3/q+1. The van der Waals surface area contributed by atoms with E-state index >= 15 is 0 Å². The van der Waals surface area contributed by atoms with E-state index < -0.39 is 5.60 Å². The van der Waals surface area contributed by atoms with Crippen LogP contribution < -0.4 is 4.57 Å². The molecule has 2 heterocycles. The van der Waals surface area contributed by atoms with E-state index in [-0.39, 0.29) is 6.09 Å². The number of aromatic nitrogens is 1. The first-order valence-electron chi connectivity index (χ1n) is 7.92. The zero-order chi connectivity index (χ0) is 16.9. The maximum Gasteiger partial charge on any atom is 0.410 e. The lowest BCUT2D eigenvalue weighted by Crippen LogP contribution is -2.49. The molecule has 0 unspecified atom stereocenters. The second kappa shape index (κ2) is 7.42. The predicted octanol–water partition coefficient (Wildman–Crippen LogP) is 1.55. The number of hydrogen-bond acceptors (Lipinski definition) is 4. The highest BCUT2D eigenvalue weighted by Gasteiger charge is 2.25. The van der Waals surface area contributed by atoms with Gasteiger partial charge in [-0.3, -0.25) is 4.90 Å². The van der Waals surface area contributed by atoms with Crippen LogP contribution in [0.4, 0.5) is 4.79 Å². The van der Waals surface area contributed by atoms with Gasteiger partial charge < -0.3 is 9.64 Å². The third kappa shape index (κ3) is 5.53. The van der Waals surface area contributed by atoms with E-state index in [1.165, 1.54) is 5.56 Å². The lowest BCUT2D eigenvalue weighted by molar-refractivity contribution is -0.685. The van der Waals surface area contributed by atoms with Crippen LogP contribution in [0.15, 0.2) is 24.5 Å². The molecule has 0 atom stereocenters. The van der Waals surface area contributed by atoms with Crippen molar-refractivity contribution >= 4 is 6.09 Å². The molecule has 6 nitrogen and oxygen atoms in total. The minimum absolute atomic E-state index is 0.233. The normalized spacial score (nSPS) is 16.0. The Labute approximate surface area is 137 Å². The molecule has 1 aliphatic rings. The van der Waals surface area contributed by atoms with Crippen molar-refractivity contribution in [3.8, 4) is 6.07 Å². The summed E-state index contributed by atoms with van der Waals surface area (Å²) in [6, 6.07) is 6.17. The number of amides is 1. The second-order valence-electron chi connectivity index (χ2n) is 6.79. The highest BCUT2D eigenvalue weighted by molar-refractivity contribution is 5.68. The molecular weight excluding hydrogens is 292 g/mol. The lowest BCUT2D eigenvalue weighted by atomic mass is 10.2. The summed E-state index contributed by atoms with van der Waals surface area (Å²) in [7, 11) is 0. The number of carbonyl (C=O) groups is 1. The van der Waals surface area contributed by atoms with Crippen LogP contribution in [0.2, 0.25) is 0 Å². The number of carbonyl (C=O) groups excluding carboxylic acids is 1. The van der Waals surface area contributed by atoms with Gasteiger partial charge in [-0.1, -0.05) is 0 Å². The van der Waals surface area contributed by atoms with Gasteiger partial charge in [0.05, 0.1) is 0 Å². The van der Waals surface area contributed by atoms with Gasteiger partial charge in [-0.15, -0.1) is 0 Å². The molecule has 0 aromatic carbocycles. The van der Waals surface area contributed by atoms with E-state index in [2.05, 4.69) is 17.0 Å². The Morgan fingerprint density at radius 1 is 1.35 bits per heavy atom. The van der Waals surface area contributed by atoms with Gasteiger partial charge in [0, 0.05) is 44.4 Å². The summed E-state index contributed by atoms with van der Waals surface area (Å²) in [4.78, 5) is 16.1. The molecule has 0 spiro atoms. The predicted molar refractivity (Wildman–Crippen MR) is 85.3 cm³/mol. The SMILES string of the molecule is CC(C)(C)OC(=O)N1CCN(Cc2ccc[n+](CC#N)c2)CC1. The van der Waals surface area contributed by atoms with Gasteiger partial charge in [-0.25, -0.2) is 4.79 Å². The maximum absolute atomic E-state index is 12.0. The molecule has 1 fully saturated rings. The summed E-state index contributed by atoms with van der Waals surface area (Å²) in [5, 5.41) is 8.76. The van der Waals surface area contributed by atoms with Crippen LogP contribution in [0.3, 0.4) is 0 Å². The van der Waals surface area contributed by atoms with Crippen LogP contribution in [0, 0.1) is 11.3 Å². The molecule has 0 bridgehead atoms. The van der Waals surface area contributed by atoms with Crippen LogP contribution >= 0.6 is 0 Å². The Kier molecular flexibility index (Phi) is 5.56. The van der Waals surface area contributed by atoms with E-state index in [9.17, 15) is 4.79 Å². The largest absolute Gasteiger partial charge is 0.444 e. The molecule has 1 aromatic rings. The molecule has 124 valence electrons. The summed E-state index contributed by atoms with van der Waals surface area (Å²) in [5.74, 6) is 0. The molecule has 0 N–H and O–H groups in total. The van der Waals surface area contributed by atoms with E-state index in [1.807, 2.05) is 43.8 Å². The van der Waals surface area contributed by atoms with E-state index in [1.54, 1.807) is 4.90 Å². The summed E-state index contributed by atoms with van der Waals surface area (Å²) in [6.45, 7) is 9.85. The van der Waals surface area contributed by atoms with Crippen LogP contribution in [-0.4, -0.2) is 47.7 Å². The van der Waals surface area contributed by atoms with Gasteiger partial charge in [0.1, 0.15) is 11.7 Å². The zero-order valence-electron chi connectivity index (χ0n) is 14.2. The first kappa shape index (κ1) is 17.2. The fourth-order valence-corrected chi connectivity index (χ4v) is 2.52. The molecule has 1 amide bonds. The summed E-state index contributed by atoms with van der Waals surface area (Å²) in [5.41, 5.74) is 0.723. The molecule has 0 radical (unpaired) electrons. The van der Waals surface area contributed by atoms with Crippen LogP contribution in [-0.2, 0) is 17.8 Å². The number of hydrogen-bond donors (Lipinski definition) is 0. The smallest absolute Gasteiger partial charge is 0.410 e. The van der Waals surface area contributed by atoms with E-state index in [0.717, 1.165) is 19.6 Å². The van der Waals surface area contributed by atoms with Crippen molar-refractivity contribution in [2.45, 2.75) is 39.5 Å². The Morgan fingerprint density at radius 3 is 2.65 bits per heavy atom. The lowest BCUT2D eigenvalue weighted by Gasteiger charge is -2.35. The fraction of sp³-hybridized carbons (Fsp3) is 0.588. The Balaban J connectivity index is 1.84. The number of nitrogens with zero attached hydrogens (tertiary/aromatic N) is 4. The Hall–Kier alpha value is -2.13. The molecule has 0 saturated carbocycles. The minimum Gasteiger partial charge on any atom is -0.444 e. The van der Waals surface area contributed by atoms with Crippen molar-refractivity contribution in [3.63, 3.8) is 0 Å². The van der Waals surface area contributed by atoms with Gasteiger partial charge in [0.15, 0.2) is 12.4 Å². The molecular formula is C17H25N4O2+. The zero-order valence-corrected chi connectivity index (χ0v) is 14.2. The molecule has 2 rings (SSSR count). The van der Waals surface area contributed by atoms with E-state index in [0.29, 0.717) is 19.6 Å². The van der Waals surface area contributed by atoms with Crippen molar-refractivity contribution in [1.82, 2.24) is 9.80 Å². The van der Waals surface area contributed by atoms with Crippen LogP contribution in [0.1, 0.15) is 26.3 Å². The topological polar surface area (TPSA) is 60.5 Å². The summed E-state index contributed by atoms with van der Waals surface area (Å²) in [6.07, 6.45) is 3.67. The minimum atomic E-state index is -0.452. The monoisotopic (exact) mass is 317 g/mol. The highest BCUT2D eigenvalue weighted by atomic mass is 16.6. The molecule has 0 aliphatic carbocycles. The maximum atomic E-state index is 12.0. The van der Waals surface area contributed by atoms with Crippen LogP contribution in [0.5, 0.6) is 0 Å². The third-order valence-corrected chi connectivity index (χ3v) is 3.60. The van der Waals surface area contributed by atoms with Gasteiger partial charge in [0.25, 0.3) is 0 Å². The Morgan fingerprint density at radius 2 is 2.04 bits per heavy atom. The molecule has 1 saturated heterocycles. The average molecular weight is 317 g/mol. The number of piperazine rings is 1. The second-order valence-corrected chi connectivity index (χ2v) is 6.79. The van der Waals surface area contributed by atoms with Crippen molar-refractivity contribution in [1.29, 1.82) is 5.26 Å². The van der Waals surface area contributed by atoms with Crippen molar-refractivity contribution < 1.29 is 14.1 Å². The van der Waals surface area contributed by atoms with Gasteiger partial charge in [0.2, 0.25) is 6.54 Å². The molecule has 6 heteroatoms. The number of pyridine rings is 1. The fourth-order valence-electron chi connectivity index (χ4n) is 2.52. The number of ether oxygens (including phenoxy) is 1. The number of nitriles is 1. The average Bonchev–Trinajstić information content (AvgIpc) is 2.47. The first-order chi connectivity index (χ1) is 10.9. The third-order valence-electron chi connectivity index (χ3n) is 3.60. The summed E-state index contributed by atoms with van der Waals surface area (Å²) >= 11 is 0. The molecule has 23 heavy (non-hydrogen) atoms. The van der Waals surface area contributed by atoms with Crippen LogP contribution in [0.25, 0.3) is 0 Å². The van der Waals surface area contributed by atoms with Crippen molar-refractivity contribution in [2.75, 3.05) is 26.2 Å². The highest BCUT2D eigenvalue weighted by Crippen LogP contribution is 2.13. The molecule has 1 aromatic heterocycles. The number of rotatable bonds is 3. The van der Waals surface area contributed by atoms with Gasteiger partial charge in [-0.2, -0.15) is 9.83 Å². The van der Waals surface area contributed by atoms with Gasteiger partial charge >= 0.3 is 6.09 Å². The first-order valence-corrected chi connectivity index (χ1v) is 7.92. The van der Waals surface area contributed by atoms with Crippen molar-refractivity contribution in [2.24, 2.45) is 0 Å². The quantitative estimate of drug-likeness (QED) is 0.794. The summed E-state index contributed by atoms with van der Waals surface area (Å²) < 4.78 is 7.29.